The first-order chi connectivity index (χ1) is 67.4. The summed E-state index contributed by atoms with van der Waals surface area (Å²) in [5, 5.41) is 9.55. The smallest absolute Gasteiger partial charge is 0.227 e. The highest BCUT2D eigenvalue weighted by atomic mass is 16.4. The highest BCUT2D eigenvalue weighted by Crippen LogP contribution is 2.53. The first kappa shape index (κ1) is 64.9. The van der Waals surface area contributed by atoms with Gasteiger partial charge in [0.25, 0.3) is 0 Å². The monoisotopic (exact) mass is 1700 g/mol. The van der Waals surface area contributed by atoms with Crippen molar-refractivity contribution >= 4 is 185 Å². The van der Waals surface area contributed by atoms with Gasteiger partial charge in [0.15, 0.2) is 51.2 Å². The van der Waals surface area contributed by atoms with Crippen LogP contribution in [-0.4, -0.2) is 113 Å². The fraction of sp³-hybridized carbons (Fsp3) is 0.252. The van der Waals surface area contributed by atoms with E-state index in [1.807, 2.05) is 235 Å². The number of pyridine rings is 9. The van der Waals surface area contributed by atoms with Crippen molar-refractivity contribution in [2.45, 2.75) is 160 Å². The van der Waals surface area contributed by atoms with Gasteiger partial charge in [-0.1, -0.05) is 60.7 Å². The van der Waals surface area contributed by atoms with Crippen LogP contribution in [0.1, 0.15) is 124 Å². The van der Waals surface area contributed by atoms with Crippen LogP contribution in [0.15, 0.2) is 260 Å². The van der Waals surface area contributed by atoms with Crippen molar-refractivity contribution in [3.63, 3.8) is 0 Å². The Kier molecular flexibility index (Phi) is 16.2. The van der Waals surface area contributed by atoms with E-state index in [-0.39, 0.29) is 12.3 Å². The van der Waals surface area contributed by atoms with E-state index in [4.69, 9.17) is 42.6 Å². The summed E-state index contributed by atoms with van der Waals surface area (Å²) < 4.78 is 152. The van der Waals surface area contributed by atoms with Gasteiger partial charge in [-0.2, -0.15) is 0 Å². The van der Waals surface area contributed by atoms with Crippen LogP contribution >= 0.6 is 0 Å². The minimum Gasteiger partial charge on any atom is -0.435 e. The van der Waals surface area contributed by atoms with Gasteiger partial charge < -0.3 is 71.1 Å². The number of aryl methyl sites for hydroxylation is 5. The summed E-state index contributed by atoms with van der Waals surface area (Å²) in [7, 11) is 0. The summed E-state index contributed by atoms with van der Waals surface area (Å²) in [5.41, 5.74) is 18.6. The molecule has 0 amide bonds. The third-order valence-corrected chi connectivity index (χ3v) is 24.6. The zero-order chi connectivity index (χ0) is 101. The molecule has 24 heteroatoms. The maximum atomic E-state index is 8.77. The molecule has 0 spiro atoms. The Morgan fingerprint density at radius 1 is 0.283 bits per heavy atom. The second-order valence-corrected chi connectivity index (χ2v) is 32.6. The van der Waals surface area contributed by atoms with Gasteiger partial charge in [-0.05, 0) is 248 Å². The first-order valence-electron chi connectivity index (χ1n) is 49.6. The lowest BCUT2D eigenvalue weighted by Gasteiger charge is -2.33. The van der Waals surface area contributed by atoms with Crippen molar-refractivity contribution in [3.05, 3.63) is 266 Å². The fourth-order valence-corrected chi connectivity index (χ4v) is 18.8. The molecule has 5 aliphatic heterocycles. The number of hydrogen-bond donors (Lipinski definition) is 0. The number of benzene rings is 5. The zero-order valence-electron chi connectivity index (χ0n) is 87.4. The minimum atomic E-state index is -2.52. The number of fused-ring (bicyclic) bond motifs is 19. The topological polar surface area (TPSA) is 214 Å². The van der Waals surface area contributed by atoms with Gasteiger partial charge in [0.2, 0.25) is 28.6 Å². The number of aromatic nitrogens is 9. The molecule has 638 valence electrons. The molecule has 24 nitrogen and oxygen atoms in total. The quantitative estimate of drug-likeness (QED) is 0.138. The lowest BCUT2D eigenvalue weighted by Crippen LogP contribution is -2.42. The highest BCUT2D eigenvalue weighted by molar-refractivity contribution is 6.14. The van der Waals surface area contributed by atoms with E-state index in [0.717, 1.165) is 133 Å². The van der Waals surface area contributed by atoms with Crippen molar-refractivity contribution in [1.82, 2.24) is 49.8 Å². The van der Waals surface area contributed by atoms with E-state index in [2.05, 4.69) is 80.6 Å². The Labute approximate surface area is 757 Å². The average molecular weight is 1700 g/mol. The van der Waals surface area contributed by atoms with Crippen molar-refractivity contribution in [2.24, 2.45) is 0 Å². The molecule has 0 N–H and O–H groups in total. The molecule has 5 aliphatic rings. The van der Waals surface area contributed by atoms with Crippen molar-refractivity contribution in [1.29, 1.82) is 0 Å². The van der Waals surface area contributed by atoms with Crippen molar-refractivity contribution in [3.8, 4) is 0 Å². The van der Waals surface area contributed by atoms with Crippen LogP contribution in [0.5, 0.6) is 0 Å². The molecule has 19 aromatic rings. The van der Waals surface area contributed by atoms with Crippen LogP contribution in [0.25, 0.3) is 110 Å². The second-order valence-electron chi connectivity index (χ2n) is 32.6. The lowest BCUT2D eigenvalue weighted by molar-refractivity contribution is 0.263. The van der Waals surface area contributed by atoms with Gasteiger partial charge >= 0.3 is 0 Å². The van der Waals surface area contributed by atoms with Gasteiger partial charge in [0, 0.05) is 170 Å². The van der Waals surface area contributed by atoms with Crippen LogP contribution in [0, 0.1) is 34.6 Å². The summed E-state index contributed by atoms with van der Waals surface area (Å²) in [6, 6.07) is 50.1. The molecule has 14 aromatic heterocycles. The van der Waals surface area contributed by atoms with Gasteiger partial charge in [-0.15, -0.1) is 0 Å². The molecule has 0 aliphatic carbocycles. The predicted molar refractivity (Wildman–Crippen MR) is 515 cm³/mol. The number of anilines is 13. The molecular formula is C103H101N19O5. The van der Waals surface area contributed by atoms with Gasteiger partial charge in [-0.3, -0.25) is 0 Å². The molecule has 0 saturated heterocycles. The molecule has 0 fully saturated rings. The second kappa shape index (κ2) is 31.8. The standard InChI is InChI=1S/2C22H22N4O.2C20H18N4O.C19H21N3O/c2*1-13(2)25-15(4)26(21-18(25)8-6-11-23-21)19-14(3)9-10-16-17-7-5-12-24-22(17)27-20(16)19;1-12-8-9-14-15-6-4-11-22-20(15)25-18(14)17(12)24-13(2)23(3)19-16(24)7-5-10-21-19;1-12-8-9-14-15-6-4-11-22-20(15)25-18(14)17(12)24-13(2)23(3)16-7-5-10-21-19(16)24;1-12(2)21-10-11-22(14(21)4)17-13(3)7-8-15-16-6-5-9-20-19(16)23-18(15)17/h2*5-13,15H,1-4H3;2*4-11,13H,1-3H3;5-12,14H,1-4H3/t2*15-;2*13-;14-/m00000/s1/i1D3,13D;13D;2*3D3;1D3,12D/t13?,15-;3m;12?,14-. The Morgan fingerprint density at radius 2 is 0.583 bits per heavy atom. The van der Waals surface area contributed by atoms with Gasteiger partial charge in [0.05, 0.1) is 55.3 Å². The van der Waals surface area contributed by atoms with Crippen LogP contribution in [0.2, 0.25) is 0 Å². The molecule has 0 radical (unpaired) electrons. The molecule has 0 bridgehead atoms. The van der Waals surface area contributed by atoms with Crippen LogP contribution in [0.3, 0.4) is 0 Å². The number of furan rings is 5. The molecule has 2 unspecified atom stereocenters. The number of rotatable bonds is 8. The summed E-state index contributed by atoms with van der Waals surface area (Å²) in [6.07, 6.45) is 17.0. The van der Waals surface area contributed by atoms with E-state index in [0.29, 0.717) is 79.7 Å². The summed E-state index contributed by atoms with van der Waals surface area (Å²) in [6.45, 7) is 16.8. The van der Waals surface area contributed by atoms with Crippen molar-refractivity contribution in [2.75, 3.05) is 58.1 Å². The maximum Gasteiger partial charge on any atom is 0.227 e. The highest BCUT2D eigenvalue weighted by Gasteiger charge is 2.43. The van der Waals surface area contributed by atoms with Crippen molar-refractivity contribution < 1.29 is 42.6 Å². The predicted octanol–water partition coefficient (Wildman–Crippen LogP) is 24.7. The first-order valence-corrected chi connectivity index (χ1v) is 42.1. The molecular weight excluding hydrogens is 1580 g/mol. The van der Waals surface area contributed by atoms with Crippen LogP contribution in [-0.2, 0) is 0 Å². The lowest BCUT2D eigenvalue weighted by atomic mass is 10.1. The Hall–Kier alpha value is -14.8. The largest absolute Gasteiger partial charge is 0.435 e. The van der Waals surface area contributed by atoms with Crippen LogP contribution in [0.4, 0.5) is 74.5 Å². The Bertz CT molecular complexity index is 7760. The third-order valence-electron chi connectivity index (χ3n) is 24.6. The SMILES string of the molecule is [2H]C(C)(C)N1c2cccnc2N(c2c(C)ccc3c2oc2ncccc23)[C@H]1C.[2H]C([2H])([2H])C([2H])(C)N1C=CN(c2c(C)ccc3c2oc2ncccc23)[C@H]1C.[2H]C([2H])([2H])C([2H])(C)N1c2cccnc2N(c2c(C)ccc3c2oc2ncccc23)[C@H]1C.[2H]C([2H])([2H])N1c2cccnc2N(c2c(C)ccc3c2oc2ncccc23)[C@H]1C.[2H]C([2H])([2H])N1c2ncccc2N(c2c(C)ccc3c2oc2ncccc23)[C@H]1C. The summed E-state index contributed by atoms with van der Waals surface area (Å²) >= 11 is 0. The molecule has 5 aromatic carbocycles. The van der Waals surface area contributed by atoms with E-state index in [9.17, 15) is 0 Å². The van der Waals surface area contributed by atoms with E-state index in [1.165, 1.54) is 23.6 Å². The summed E-state index contributed by atoms with van der Waals surface area (Å²) in [5.74, 6) is 2.50. The molecule has 19 heterocycles. The fourth-order valence-electron chi connectivity index (χ4n) is 18.8. The normalized spacial score (nSPS) is 20.1. The van der Waals surface area contributed by atoms with Crippen LogP contribution < -0.4 is 44.1 Å². The minimum absolute atomic E-state index is 0.0807. The third kappa shape index (κ3) is 13.1. The molecule has 7 atom stereocenters. The van der Waals surface area contributed by atoms with Gasteiger partial charge in [0.1, 0.15) is 30.8 Å². The van der Waals surface area contributed by atoms with Gasteiger partial charge in [-0.25, -0.2) is 44.9 Å². The maximum absolute atomic E-state index is 8.77. The summed E-state index contributed by atoms with van der Waals surface area (Å²) in [4.78, 5) is 58.0. The van der Waals surface area contributed by atoms with E-state index in [1.54, 1.807) is 90.0 Å². The number of hydrogen-bond acceptors (Lipinski definition) is 24. The van der Waals surface area contributed by atoms with E-state index >= 15 is 0 Å². The molecule has 0 saturated carbocycles. The molecule has 24 rings (SSSR count). The van der Waals surface area contributed by atoms with E-state index < -0.39 is 64.2 Å². The Balaban J connectivity index is 0.000000109. The zero-order valence-corrected chi connectivity index (χ0v) is 72.4. The average Bonchev–Trinajstić information content (AvgIpc) is 1.56. The number of nitrogens with zero attached hydrogens (tertiary/aromatic N) is 19. The Morgan fingerprint density at radius 3 is 0.953 bits per heavy atom. The molecule has 127 heavy (non-hydrogen) atoms.